The van der Waals surface area contributed by atoms with Crippen LogP contribution >= 0.6 is 0 Å². The smallest absolute Gasteiger partial charge is 0.275 e. The lowest BCUT2D eigenvalue weighted by atomic mass is 10.2. The van der Waals surface area contributed by atoms with E-state index < -0.39 is 4.92 Å². The first-order chi connectivity index (χ1) is 8.52. The maximum atomic E-state index is 10.8. The van der Waals surface area contributed by atoms with Crippen LogP contribution in [0, 0.1) is 10.1 Å². The Labute approximate surface area is 107 Å². The second kappa shape index (κ2) is 6.64. The molecular formula is C13H18N2O3. The molecule has 1 aromatic carbocycles. The highest BCUT2D eigenvalue weighted by atomic mass is 16.6. The van der Waals surface area contributed by atoms with E-state index in [9.17, 15) is 10.1 Å². The second-order valence-corrected chi connectivity index (χ2v) is 4.07. The number of nitrogens with zero attached hydrogens (tertiary/aromatic N) is 1. The van der Waals surface area contributed by atoms with Crippen molar-refractivity contribution in [3.63, 3.8) is 0 Å². The fraction of sp³-hybridized carbons (Fsp3) is 0.385. The molecule has 0 aliphatic rings. The van der Waals surface area contributed by atoms with Crippen molar-refractivity contribution in [2.24, 2.45) is 0 Å². The predicted octanol–water partition coefficient (Wildman–Crippen LogP) is 3.37. The molecule has 0 fully saturated rings. The van der Waals surface area contributed by atoms with E-state index in [1.807, 2.05) is 26.8 Å². The molecule has 98 valence electrons. The van der Waals surface area contributed by atoms with Crippen molar-refractivity contribution in [1.29, 1.82) is 0 Å². The summed E-state index contributed by atoms with van der Waals surface area (Å²) in [6, 6.07) is 4.69. The van der Waals surface area contributed by atoms with E-state index in [0.717, 1.165) is 0 Å². The number of rotatable bonds is 6. The number of nitrogens with one attached hydrogen (secondary N) is 1. The zero-order valence-corrected chi connectivity index (χ0v) is 10.9. The van der Waals surface area contributed by atoms with Gasteiger partial charge in [-0.2, -0.15) is 0 Å². The zero-order chi connectivity index (χ0) is 13.5. The van der Waals surface area contributed by atoms with Crippen LogP contribution < -0.4 is 10.1 Å². The third-order valence-electron chi connectivity index (χ3n) is 2.23. The number of nitro groups is 1. The number of hydrogen-bond acceptors (Lipinski definition) is 4. The number of anilines is 1. The van der Waals surface area contributed by atoms with Gasteiger partial charge in [0.2, 0.25) is 0 Å². The van der Waals surface area contributed by atoms with Crippen LogP contribution in [0.4, 0.5) is 11.4 Å². The first kappa shape index (κ1) is 14.0. The molecule has 5 heteroatoms. The van der Waals surface area contributed by atoms with Gasteiger partial charge in [-0.15, -0.1) is 0 Å². The fourth-order valence-electron chi connectivity index (χ4n) is 1.41. The highest BCUT2D eigenvalue weighted by Crippen LogP contribution is 2.25. The summed E-state index contributed by atoms with van der Waals surface area (Å²) in [6.07, 6.45) is 2.01. The van der Waals surface area contributed by atoms with Crippen LogP contribution in [0.1, 0.15) is 20.8 Å². The average molecular weight is 250 g/mol. The third-order valence-corrected chi connectivity index (χ3v) is 2.23. The minimum atomic E-state index is -0.422. The molecule has 0 aromatic heterocycles. The summed E-state index contributed by atoms with van der Waals surface area (Å²) in [7, 11) is 0. The van der Waals surface area contributed by atoms with Gasteiger partial charge in [-0.1, -0.05) is 11.6 Å². The van der Waals surface area contributed by atoms with E-state index in [2.05, 4.69) is 5.32 Å². The lowest BCUT2D eigenvalue weighted by Crippen LogP contribution is -2.01. The number of benzene rings is 1. The van der Waals surface area contributed by atoms with Gasteiger partial charge in [-0.05, 0) is 20.8 Å². The molecule has 0 saturated heterocycles. The number of non-ortho nitro benzene ring substituents is 1. The van der Waals surface area contributed by atoms with Gasteiger partial charge >= 0.3 is 0 Å². The minimum Gasteiger partial charge on any atom is -0.494 e. The molecule has 0 aliphatic heterocycles. The highest BCUT2D eigenvalue weighted by Gasteiger charge is 2.09. The maximum Gasteiger partial charge on any atom is 0.275 e. The molecule has 1 aromatic rings. The third kappa shape index (κ3) is 4.45. The molecule has 0 radical (unpaired) electrons. The van der Waals surface area contributed by atoms with Crippen LogP contribution in [-0.4, -0.2) is 18.1 Å². The minimum absolute atomic E-state index is 0.0284. The van der Waals surface area contributed by atoms with E-state index in [0.29, 0.717) is 24.6 Å². The predicted molar refractivity (Wildman–Crippen MR) is 72.2 cm³/mol. The maximum absolute atomic E-state index is 10.8. The molecule has 1 N–H and O–H groups in total. The molecule has 0 heterocycles. The van der Waals surface area contributed by atoms with Crippen LogP contribution in [0.25, 0.3) is 0 Å². The van der Waals surface area contributed by atoms with Crippen molar-refractivity contribution < 1.29 is 9.66 Å². The summed E-state index contributed by atoms with van der Waals surface area (Å²) in [5, 5.41) is 13.9. The molecule has 0 aliphatic carbocycles. The van der Waals surface area contributed by atoms with Crippen molar-refractivity contribution >= 4 is 11.4 Å². The topological polar surface area (TPSA) is 64.4 Å². The van der Waals surface area contributed by atoms with Crippen LogP contribution in [0.2, 0.25) is 0 Å². The Balaban J connectivity index is 2.88. The zero-order valence-electron chi connectivity index (χ0n) is 10.9. The average Bonchev–Trinajstić information content (AvgIpc) is 2.28. The van der Waals surface area contributed by atoms with Crippen LogP contribution in [0.5, 0.6) is 5.75 Å². The Hall–Kier alpha value is -2.04. The normalized spacial score (nSPS) is 9.72. The number of allylic oxidation sites excluding steroid dienone is 1. The molecule has 0 unspecified atom stereocenters. The van der Waals surface area contributed by atoms with Crippen molar-refractivity contribution in [2.45, 2.75) is 20.8 Å². The van der Waals surface area contributed by atoms with Gasteiger partial charge in [-0.25, -0.2) is 0 Å². The molecule has 0 bridgehead atoms. The monoisotopic (exact) mass is 250 g/mol. The molecular weight excluding hydrogens is 232 g/mol. The number of ether oxygens (including phenoxy) is 1. The van der Waals surface area contributed by atoms with Crippen LogP contribution in [0.3, 0.4) is 0 Å². The SMILES string of the molecule is CCOc1cc(NCC=C(C)C)cc([N+](=O)[O-])c1. The summed E-state index contributed by atoms with van der Waals surface area (Å²) >= 11 is 0. The summed E-state index contributed by atoms with van der Waals surface area (Å²) < 4.78 is 5.30. The van der Waals surface area contributed by atoms with Crippen molar-refractivity contribution in [3.8, 4) is 5.75 Å². The second-order valence-electron chi connectivity index (χ2n) is 4.07. The van der Waals surface area contributed by atoms with E-state index in [1.165, 1.54) is 17.7 Å². The van der Waals surface area contributed by atoms with Gasteiger partial charge in [0.15, 0.2) is 0 Å². The Bertz CT molecular complexity index is 452. The van der Waals surface area contributed by atoms with Gasteiger partial charge in [0.1, 0.15) is 5.75 Å². The van der Waals surface area contributed by atoms with Gasteiger partial charge < -0.3 is 10.1 Å². The quantitative estimate of drug-likeness (QED) is 0.477. The highest BCUT2D eigenvalue weighted by molar-refractivity contribution is 5.56. The molecule has 0 spiro atoms. The summed E-state index contributed by atoms with van der Waals surface area (Å²) in [5.74, 6) is 0.506. The molecule has 0 saturated carbocycles. The summed E-state index contributed by atoms with van der Waals surface area (Å²) in [6.45, 7) is 6.96. The Morgan fingerprint density at radius 1 is 1.44 bits per heavy atom. The Morgan fingerprint density at radius 3 is 2.72 bits per heavy atom. The standard InChI is InChI=1S/C13H18N2O3/c1-4-18-13-8-11(14-6-5-10(2)3)7-12(9-13)15(16)17/h5,7-9,14H,4,6H2,1-3H3. The largest absolute Gasteiger partial charge is 0.494 e. The van der Waals surface area contributed by atoms with Crippen molar-refractivity contribution in [2.75, 3.05) is 18.5 Å². The molecule has 1 rings (SSSR count). The van der Waals surface area contributed by atoms with Gasteiger partial charge in [0.25, 0.3) is 5.69 Å². The molecule has 0 atom stereocenters. The summed E-state index contributed by atoms with van der Waals surface area (Å²) in [4.78, 5) is 10.4. The fourth-order valence-corrected chi connectivity index (χ4v) is 1.41. The summed E-state index contributed by atoms with van der Waals surface area (Å²) in [5.41, 5.74) is 1.91. The first-order valence-corrected chi connectivity index (χ1v) is 5.82. The Kier molecular flexibility index (Phi) is 5.17. The van der Waals surface area contributed by atoms with Crippen molar-refractivity contribution in [3.05, 3.63) is 40.0 Å². The molecule has 5 nitrogen and oxygen atoms in total. The van der Waals surface area contributed by atoms with Crippen molar-refractivity contribution in [1.82, 2.24) is 0 Å². The lowest BCUT2D eigenvalue weighted by Gasteiger charge is -2.08. The molecule has 0 amide bonds. The first-order valence-electron chi connectivity index (χ1n) is 5.82. The van der Waals surface area contributed by atoms with Gasteiger partial charge in [0, 0.05) is 24.4 Å². The van der Waals surface area contributed by atoms with E-state index >= 15 is 0 Å². The Morgan fingerprint density at radius 2 is 2.17 bits per heavy atom. The van der Waals surface area contributed by atoms with E-state index in [-0.39, 0.29) is 5.69 Å². The number of hydrogen-bond donors (Lipinski definition) is 1. The lowest BCUT2D eigenvalue weighted by molar-refractivity contribution is -0.384. The number of nitro benzene ring substituents is 1. The van der Waals surface area contributed by atoms with E-state index in [1.54, 1.807) is 6.07 Å². The van der Waals surface area contributed by atoms with Gasteiger partial charge in [0.05, 0.1) is 17.6 Å². The van der Waals surface area contributed by atoms with Crippen LogP contribution in [0.15, 0.2) is 29.8 Å². The molecule has 18 heavy (non-hydrogen) atoms. The van der Waals surface area contributed by atoms with Gasteiger partial charge in [-0.3, -0.25) is 10.1 Å². The van der Waals surface area contributed by atoms with E-state index in [4.69, 9.17) is 4.74 Å². The van der Waals surface area contributed by atoms with Crippen LogP contribution in [-0.2, 0) is 0 Å².